The Hall–Kier alpha value is -2.14. The molecule has 1 fully saturated rings. The number of carbonyl (C=O) groups is 1. The van der Waals surface area contributed by atoms with Crippen LogP contribution in [0.3, 0.4) is 0 Å². The van der Waals surface area contributed by atoms with Crippen molar-refractivity contribution in [2.24, 2.45) is 16.6 Å². The van der Waals surface area contributed by atoms with Crippen LogP contribution < -0.4 is 16.4 Å². The summed E-state index contributed by atoms with van der Waals surface area (Å²) in [4.78, 5) is 18.1. The summed E-state index contributed by atoms with van der Waals surface area (Å²) in [6, 6.07) is 10.3. The lowest BCUT2D eigenvalue weighted by atomic mass is 9.97. The van der Waals surface area contributed by atoms with Crippen LogP contribution in [0.25, 0.3) is 0 Å². The number of carbonyl (C=O) groups excluding carboxylic acids is 1. The van der Waals surface area contributed by atoms with E-state index < -0.39 is 0 Å². The molecule has 1 aromatic heterocycles. The Kier molecular flexibility index (Phi) is 10.8. The molecule has 1 aliphatic rings. The van der Waals surface area contributed by atoms with Gasteiger partial charge in [0, 0.05) is 39.1 Å². The third-order valence-corrected chi connectivity index (χ3v) is 5.53. The van der Waals surface area contributed by atoms with Crippen molar-refractivity contribution in [2.45, 2.75) is 32.4 Å². The minimum atomic E-state index is -0.171. The van der Waals surface area contributed by atoms with E-state index in [2.05, 4.69) is 49.9 Å². The summed E-state index contributed by atoms with van der Waals surface area (Å²) in [5, 5.41) is 11.1. The van der Waals surface area contributed by atoms with Gasteiger partial charge in [0.1, 0.15) is 0 Å². The zero-order chi connectivity index (χ0) is 21.2. The maximum Gasteiger partial charge on any atom is 0.221 e. The number of halogens is 1. The maximum atomic E-state index is 11.4. The largest absolute Gasteiger partial charge is 0.369 e. The molecule has 1 unspecified atom stereocenters. The summed E-state index contributed by atoms with van der Waals surface area (Å²) >= 11 is 0. The maximum absolute atomic E-state index is 11.4. The smallest absolute Gasteiger partial charge is 0.221 e. The highest BCUT2D eigenvalue weighted by Crippen LogP contribution is 2.16. The first-order valence-electron chi connectivity index (χ1n) is 10.7. The summed E-state index contributed by atoms with van der Waals surface area (Å²) in [5.41, 5.74) is 7.92. The average molecular weight is 539 g/mol. The van der Waals surface area contributed by atoms with Crippen LogP contribution in [0.5, 0.6) is 0 Å². The minimum absolute atomic E-state index is 0. The first-order valence-corrected chi connectivity index (χ1v) is 10.7. The van der Waals surface area contributed by atoms with Gasteiger partial charge in [-0.2, -0.15) is 5.10 Å². The van der Waals surface area contributed by atoms with Gasteiger partial charge in [0.05, 0.1) is 12.5 Å². The van der Waals surface area contributed by atoms with Crippen LogP contribution in [-0.4, -0.2) is 59.8 Å². The molecule has 2 aromatic rings. The number of amides is 1. The number of rotatable bonds is 9. The van der Waals surface area contributed by atoms with Crippen molar-refractivity contribution in [3.8, 4) is 0 Å². The molecular weight excluding hydrogens is 505 g/mol. The Labute approximate surface area is 201 Å². The van der Waals surface area contributed by atoms with Crippen molar-refractivity contribution in [3.05, 3.63) is 53.9 Å². The van der Waals surface area contributed by atoms with Crippen LogP contribution >= 0.6 is 24.0 Å². The third kappa shape index (κ3) is 8.13. The number of aliphatic imine (C=N–C) groups is 1. The molecule has 1 aromatic carbocycles. The lowest BCUT2D eigenvalue weighted by Gasteiger charge is -2.31. The van der Waals surface area contributed by atoms with Gasteiger partial charge < -0.3 is 21.3 Å². The summed E-state index contributed by atoms with van der Waals surface area (Å²) in [7, 11) is 1.78. The number of piperidine rings is 1. The predicted molar refractivity (Wildman–Crippen MR) is 134 cm³/mol. The van der Waals surface area contributed by atoms with Crippen molar-refractivity contribution in [1.82, 2.24) is 25.3 Å². The van der Waals surface area contributed by atoms with Crippen LogP contribution in [0.4, 0.5) is 0 Å². The van der Waals surface area contributed by atoms with Crippen LogP contribution in [0, 0.1) is 5.92 Å². The molecule has 0 spiro atoms. The van der Waals surface area contributed by atoms with E-state index in [-0.39, 0.29) is 35.8 Å². The fourth-order valence-corrected chi connectivity index (χ4v) is 3.85. The lowest BCUT2D eigenvalue weighted by Crippen LogP contribution is -2.42. The van der Waals surface area contributed by atoms with Crippen LogP contribution in [0.1, 0.15) is 30.4 Å². The molecule has 0 saturated carbocycles. The summed E-state index contributed by atoms with van der Waals surface area (Å²) in [6.07, 6.45) is 6.72. The Balaban J connectivity index is 0.00000341. The number of hydrogen-bond donors (Lipinski definition) is 3. The molecule has 8 nitrogen and oxygen atoms in total. The van der Waals surface area contributed by atoms with Crippen molar-refractivity contribution >= 4 is 35.8 Å². The molecule has 1 aliphatic heterocycles. The highest BCUT2D eigenvalue weighted by molar-refractivity contribution is 14.0. The molecule has 3 rings (SSSR count). The topological polar surface area (TPSA) is 101 Å². The molecule has 1 amide bonds. The number of likely N-dealkylation sites (tertiary alicyclic amines) is 1. The highest BCUT2D eigenvalue weighted by Gasteiger charge is 2.23. The van der Waals surface area contributed by atoms with Gasteiger partial charge in [0.2, 0.25) is 5.91 Å². The monoisotopic (exact) mass is 539 g/mol. The molecule has 9 heteroatoms. The van der Waals surface area contributed by atoms with Gasteiger partial charge in [-0.3, -0.25) is 14.5 Å². The average Bonchev–Trinajstić information content (AvgIpc) is 3.27. The van der Waals surface area contributed by atoms with Gasteiger partial charge in [-0.1, -0.05) is 24.3 Å². The first-order chi connectivity index (χ1) is 14.7. The van der Waals surface area contributed by atoms with Crippen molar-refractivity contribution < 1.29 is 4.79 Å². The fourth-order valence-electron chi connectivity index (χ4n) is 3.85. The van der Waals surface area contributed by atoms with Gasteiger partial charge in [0.25, 0.3) is 0 Å². The number of guanidine groups is 1. The summed E-state index contributed by atoms with van der Waals surface area (Å²) in [6.45, 7) is 5.06. The van der Waals surface area contributed by atoms with Crippen LogP contribution in [0.2, 0.25) is 0 Å². The number of nitrogens with two attached hydrogens (primary N) is 1. The Morgan fingerprint density at radius 1 is 1.26 bits per heavy atom. The van der Waals surface area contributed by atoms with Crippen molar-refractivity contribution in [2.75, 3.05) is 33.2 Å². The number of primary amides is 1. The zero-order valence-corrected chi connectivity index (χ0v) is 20.5. The number of hydrogen-bond acceptors (Lipinski definition) is 4. The SMILES string of the molecule is CN=C(NCCCN1CCCC(C(N)=O)C1)NCc1ccccc1Cn1cccn1.I. The van der Waals surface area contributed by atoms with E-state index in [4.69, 9.17) is 5.73 Å². The number of nitrogens with zero attached hydrogens (tertiary/aromatic N) is 4. The summed E-state index contributed by atoms with van der Waals surface area (Å²) < 4.78 is 1.93. The number of benzene rings is 1. The fraction of sp³-hybridized carbons (Fsp3) is 0.500. The quantitative estimate of drug-likeness (QED) is 0.195. The standard InChI is InChI=1S/C22H33N7O.HI/c1-24-22(25-10-5-13-28-12-4-9-20(16-28)21(23)30)26-15-18-7-2-3-8-19(18)17-29-14-6-11-27-29;/h2-3,6-8,11,14,20H,4-5,9-10,12-13,15-17H2,1H3,(H2,23,30)(H2,24,25,26);1H. The molecule has 1 atom stereocenters. The van der Waals surface area contributed by atoms with Crippen LogP contribution in [-0.2, 0) is 17.9 Å². The van der Waals surface area contributed by atoms with E-state index >= 15 is 0 Å². The second kappa shape index (κ2) is 13.3. The molecule has 170 valence electrons. The second-order valence-electron chi connectivity index (χ2n) is 7.72. The molecule has 0 bridgehead atoms. The van der Waals surface area contributed by atoms with E-state index in [0.717, 1.165) is 57.9 Å². The Morgan fingerprint density at radius 3 is 2.77 bits per heavy atom. The summed E-state index contributed by atoms with van der Waals surface area (Å²) in [5.74, 6) is 0.621. The molecule has 4 N–H and O–H groups in total. The van der Waals surface area contributed by atoms with E-state index in [9.17, 15) is 4.79 Å². The van der Waals surface area contributed by atoms with Crippen molar-refractivity contribution in [3.63, 3.8) is 0 Å². The molecule has 0 aliphatic carbocycles. The molecule has 1 saturated heterocycles. The Bertz CT molecular complexity index is 825. The second-order valence-corrected chi connectivity index (χ2v) is 7.72. The zero-order valence-electron chi connectivity index (χ0n) is 18.2. The normalized spacial score (nSPS) is 17.1. The van der Waals surface area contributed by atoms with Gasteiger partial charge in [-0.05, 0) is 49.5 Å². The van der Waals surface area contributed by atoms with E-state index in [1.165, 1.54) is 11.1 Å². The van der Waals surface area contributed by atoms with Gasteiger partial charge >= 0.3 is 0 Å². The molecule has 0 radical (unpaired) electrons. The predicted octanol–water partition coefficient (Wildman–Crippen LogP) is 1.80. The molecular formula is C22H34IN7O. The van der Waals surface area contributed by atoms with Crippen LogP contribution in [0.15, 0.2) is 47.7 Å². The number of aromatic nitrogens is 2. The minimum Gasteiger partial charge on any atom is -0.369 e. The lowest BCUT2D eigenvalue weighted by molar-refractivity contribution is -0.123. The van der Waals surface area contributed by atoms with Gasteiger partial charge in [-0.15, -0.1) is 24.0 Å². The molecule has 31 heavy (non-hydrogen) atoms. The van der Waals surface area contributed by atoms with E-state index in [0.29, 0.717) is 6.54 Å². The first kappa shape index (κ1) is 25.1. The van der Waals surface area contributed by atoms with Gasteiger partial charge in [-0.25, -0.2) is 0 Å². The molecule has 2 heterocycles. The third-order valence-electron chi connectivity index (χ3n) is 5.53. The highest BCUT2D eigenvalue weighted by atomic mass is 127. The number of nitrogens with one attached hydrogen (secondary N) is 2. The Morgan fingerprint density at radius 2 is 2.06 bits per heavy atom. The van der Waals surface area contributed by atoms with Gasteiger partial charge in [0.15, 0.2) is 5.96 Å². The van der Waals surface area contributed by atoms with E-state index in [1.807, 2.05) is 16.9 Å². The van der Waals surface area contributed by atoms with Crippen molar-refractivity contribution in [1.29, 1.82) is 0 Å². The van der Waals surface area contributed by atoms with E-state index in [1.54, 1.807) is 13.2 Å².